The minimum Gasteiger partial charge on any atom is -0.480 e. The van der Waals surface area contributed by atoms with Crippen LogP contribution in [0, 0.1) is 6.92 Å². The van der Waals surface area contributed by atoms with Crippen molar-refractivity contribution in [1.82, 2.24) is 4.98 Å². The molecule has 1 aromatic heterocycles. The van der Waals surface area contributed by atoms with E-state index in [0.717, 1.165) is 16.1 Å². The summed E-state index contributed by atoms with van der Waals surface area (Å²) in [5, 5.41) is 24.0. The van der Waals surface area contributed by atoms with Crippen molar-refractivity contribution in [2.75, 3.05) is 17.2 Å². The van der Waals surface area contributed by atoms with E-state index >= 15 is 0 Å². The lowest BCUT2D eigenvalue weighted by molar-refractivity contribution is -0.134. The van der Waals surface area contributed by atoms with E-state index in [1.165, 1.54) is 23.5 Å². The summed E-state index contributed by atoms with van der Waals surface area (Å²) in [7, 11) is 0. The molecule has 0 fully saturated rings. The van der Waals surface area contributed by atoms with Crippen molar-refractivity contribution in [3.63, 3.8) is 0 Å². The molecule has 8 nitrogen and oxygen atoms in total. The van der Waals surface area contributed by atoms with Crippen LogP contribution in [-0.2, 0) is 11.2 Å². The van der Waals surface area contributed by atoms with E-state index in [1.54, 1.807) is 24.3 Å². The number of aryl methyl sites for hydroxylation is 1. The standard InChI is InChI=1S/C21H19N3O5S/c1-12-17(30-21(23-12)22-11-18(25)26)10-13-6-8-14(9-7-13)24-19(27)15-4-2-3-5-16(15)20(28)29/h2-9H,10-11H2,1H3,(H,22,23)(H,24,27)(H,25,26)(H,28,29). The first kappa shape index (κ1) is 21.0. The van der Waals surface area contributed by atoms with Crippen molar-refractivity contribution in [2.45, 2.75) is 13.3 Å². The van der Waals surface area contributed by atoms with Crippen molar-refractivity contribution in [3.05, 3.63) is 75.8 Å². The maximum Gasteiger partial charge on any atom is 0.336 e. The maximum absolute atomic E-state index is 12.4. The van der Waals surface area contributed by atoms with E-state index in [-0.39, 0.29) is 17.7 Å². The third kappa shape index (κ3) is 5.21. The number of anilines is 2. The summed E-state index contributed by atoms with van der Waals surface area (Å²) in [6.45, 7) is 1.68. The van der Waals surface area contributed by atoms with Gasteiger partial charge in [-0.1, -0.05) is 24.3 Å². The first-order valence-corrected chi connectivity index (χ1v) is 9.79. The SMILES string of the molecule is Cc1nc(NCC(=O)O)sc1Cc1ccc(NC(=O)c2ccccc2C(=O)O)cc1. The summed E-state index contributed by atoms with van der Waals surface area (Å²) in [5.41, 5.74) is 2.41. The number of aromatic carboxylic acids is 1. The molecule has 2 aromatic carbocycles. The number of nitrogens with one attached hydrogen (secondary N) is 2. The van der Waals surface area contributed by atoms with Crippen LogP contribution in [0.4, 0.5) is 10.8 Å². The Bertz CT molecular complexity index is 1090. The number of carbonyl (C=O) groups excluding carboxylic acids is 1. The second-order valence-corrected chi connectivity index (χ2v) is 7.54. The number of nitrogens with zero attached hydrogens (tertiary/aromatic N) is 1. The number of carbonyl (C=O) groups is 3. The van der Waals surface area contributed by atoms with Gasteiger partial charge in [-0.2, -0.15) is 0 Å². The van der Waals surface area contributed by atoms with Crippen LogP contribution in [0.5, 0.6) is 0 Å². The van der Waals surface area contributed by atoms with Gasteiger partial charge >= 0.3 is 11.9 Å². The number of hydrogen-bond acceptors (Lipinski definition) is 6. The van der Waals surface area contributed by atoms with Crippen molar-refractivity contribution in [1.29, 1.82) is 0 Å². The molecule has 0 aliphatic heterocycles. The highest BCUT2D eigenvalue weighted by atomic mass is 32.1. The average Bonchev–Trinajstić information content (AvgIpc) is 3.07. The third-order valence-electron chi connectivity index (χ3n) is 4.26. The van der Waals surface area contributed by atoms with E-state index in [1.807, 2.05) is 19.1 Å². The molecule has 0 aliphatic carbocycles. The highest BCUT2D eigenvalue weighted by molar-refractivity contribution is 7.15. The Kier molecular flexibility index (Phi) is 6.43. The Hall–Kier alpha value is -3.72. The minimum atomic E-state index is -1.16. The zero-order valence-electron chi connectivity index (χ0n) is 16.0. The molecule has 3 aromatic rings. The van der Waals surface area contributed by atoms with Gasteiger partial charge in [0.1, 0.15) is 6.54 Å². The van der Waals surface area contributed by atoms with Crippen molar-refractivity contribution in [3.8, 4) is 0 Å². The first-order chi connectivity index (χ1) is 14.3. The van der Waals surface area contributed by atoms with Gasteiger partial charge in [0.25, 0.3) is 5.91 Å². The van der Waals surface area contributed by atoms with E-state index in [9.17, 15) is 19.5 Å². The van der Waals surface area contributed by atoms with Gasteiger partial charge in [0.2, 0.25) is 0 Å². The zero-order valence-corrected chi connectivity index (χ0v) is 16.8. The molecular formula is C21H19N3O5S. The number of rotatable bonds is 8. The molecule has 1 heterocycles. The van der Waals surface area contributed by atoms with Gasteiger partial charge < -0.3 is 20.8 Å². The Morgan fingerprint density at radius 3 is 2.30 bits per heavy atom. The lowest BCUT2D eigenvalue weighted by atomic mass is 10.1. The fourth-order valence-electron chi connectivity index (χ4n) is 2.78. The van der Waals surface area contributed by atoms with Gasteiger partial charge in [-0.05, 0) is 36.8 Å². The Morgan fingerprint density at radius 2 is 1.67 bits per heavy atom. The van der Waals surface area contributed by atoms with Crippen LogP contribution in [0.15, 0.2) is 48.5 Å². The maximum atomic E-state index is 12.4. The quantitative estimate of drug-likeness (QED) is 0.435. The molecule has 9 heteroatoms. The van der Waals surface area contributed by atoms with Gasteiger partial charge in [0.15, 0.2) is 5.13 Å². The molecule has 154 valence electrons. The lowest BCUT2D eigenvalue weighted by Gasteiger charge is -2.08. The summed E-state index contributed by atoms with van der Waals surface area (Å²) in [5.74, 6) is -2.60. The molecule has 1 amide bonds. The van der Waals surface area contributed by atoms with E-state index in [2.05, 4.69) is 15.6 Å². The molecule has 0 unspecified atom stereocenters. The van der Waals surface area contributed by atoms with Gasteiger partial charge in [-0.3, -0.25) is 9.59 Å². The number of carboxylic acids is 2. The van der Waals surface area contributed by atoms with Gasteiger partial charge in [-0.25, -0.2) is 9.78 Å². The third-order valence-corrected chi connectivity index (χ3v) is 5.38. The van der Waals surface area contributed by atoms with E-state index < -0.39 is 17.8 Å². The Labute approximate surface area is 176 Å². The van der Waals surface area contributed by atoms with Gasteiger partial charge in [0, 0.05) is 17.0 Å². The lowest BCUT2D eigenvalue weighted by Crippen LogP contribution is -2.16. The first-order valence-electron chi connectivity index (χ1n) is 8.98. The molecule has 0 saturated heterocycles. The molecule has 3 rings (SSSR count). The number of aliphatic carboxylic acids is 1. The monoisotopic (exact) mass is 425 g/mol. The molecule has 0 saturated carbocycles. The number of benzene rings is 2. The Morgan fingerprint density at radius 1 is 1.00 bits per heavy atom. The van der Waals surface area contributed by atoms with E-state index in [4.69, 9.17) is 5.11 Å². The number of amides is 1. The normalized spacial score (nSPS) is 10.4. The zero-order chi connectivity index (χ0) is 21.7. The topological polar surface area (TPSA) is 129 Å². The molecular weight excluding hydrogens is 406 g/mol. The molecule has 0 aliphatic rings. The van der Waals surface area contributed by atoms with Crippen molar-refractivity contribution < 1.29 is 24.6 Å². The summed E-state index contributed by atoms with van der Waals surface area (Å²) < 4.78 is 0. The van der Waals surface area contributed by atoms with Crippen LogP contribution in [0.3, 0.4) is 0 Å². The summed E-state index contributed by atoms with van der Waals surface area (Å²) in [4.78, 5) is 39.7. The van der Waals surface area contributed by atoms with Crippen LogP contribution in [0.1, 0.15) is 36.9 Å². The summed E-state index contributed by atoms with van der Waals surface area (Å²) in [6, 6.07) is 13.3. The second kappa shape index (κ2) is 9.19. The van der Waals surface area contributed by atoms with E-state index in [0.29, 0.717) is 17.2 Å². The fourth-order valence-corrected chi connectivity index (χ4v) is 3.77. The van der Waals surface area contributed by atoms with Crippen LogP contribution in [0.2, 0.25) is 0 Å². The Balaban J connectivity index is 1.67. The molecule has 30 heavy (non-hydrogen) atoms. The highest BCUT2D eigenvalue weighted by Gasteiger charge is 2.16. The van der Waals surface area contributed by atoms with Crippen LogP contribution < -0.4 is 10.6 Å². The smallest absolute Gasteiger partial charge is 0.336 e. The molecule has 0 atom stereocenters. The predicted molar refractivity (Wildman–Crippen MR) is 114 cm³/mol. The highest BCUT2D eigenvalue weighted by Crippen LogP contribution is 2.25. The molecule has 4 N–H and O–H groups in total. The van der Waals surface area contributed by atoms with Gasteiger partial charge in [0.05, 0.1) is 16.8 Å². The van der Waals surface area contributed by atoms with Crippen LogP contribution in [-0.4, -0.2) is 39.6 Å². The minimum absolute atomic E-state index is 0.0559. The second-order valence-electron chi connectivity index (χ2n) is 6.45. The van der Waals surface area contributed by atoms with Crippen molar-refractivity contribution in [2.24, 2.45) is 0 Å². The summed E-state index contributed by atoms with van der Waals surface area (Å²) in [6.07, 6.45) is 0.619. The fraction of sp³-hybridized carbons (Fsp3) is 0.143. The number of hydrogen-bond donors (Lipinski definition) is 4. The number of carboxylic acid groups (broad SMARTS) is 2. The molecule has 0 bridgehead atoms. The average molecular weight is 425 g/mol. The largest absolute Gasteiger partial charge is 0.480 e. The number of thiazole rings is 1. The number of aromatic nitrogens is 1. The predicted octanol–water partition coefficient (Wildman–Crippen LogP) is 3.49. The molecule has 0 radical (unpaired) electrons. The van der Waals surface area contributed by atoms with Gasteiger partial charge in [-0.15, -0.1) is 11.3 Å². The van der Waals surface area contributed by atoms with Crippen LogP contribution >= 0.6 is 11.3 Å². The summed E-state index contributed by atoms with van der Waals surface area (Å²) >= 11 is 1.40. The van der Waals surface area contributed by atoms with Crippen molar-refractivity contribution >= 4 is 40.0 Å². The molecule has 0 spiro atoms. The van der Waals surface area contributed by atoms with Crippen LogP contribution in [0.25, 0.3) is 0 Å².